The van der Waals surface area contributed by atoms with Gasteiger partial charge in [0.15, 0.2) is 5.65 Å². The van der Waals surface area contributed by atoms with E-state index in [9.17, 15) is 14.4 Å². The van der Waals surface area contributed by atoms with E-state index in [1.54, 1.807) is 23.3 Å². The van der Waals surface area contributed by atoms with Gasteiger partial charge in [-0.2, -0.15) is 0 Å². The lowest BCUT2D eigenvalue weighted by atomic mass is 10.0. The lowest BCUT2D eigenvalue weighted by molar-refractivity contribution is 0.0654. The fourth-order valence-electron chi connectivity index (χ4n) is 4.11. The molecule has 1 unspecified atom stereocenters. The highest BCUT2D eigenvalue weighted by Gasteiger charge is 2.39. The van der Waals surface area contributed by atoms with Crippen LogP contribution in [0.2, 0.25) is 0 Å². The summed E-state index contributed by atoms with van der Waals surface area (Å²) >= 11 is 0. The summed E-state index contributed by atoms with van der Waals surface area (Å²) in [5.74, 6) is 0.626. The largest absolute Gasteiger partial charge is 0.467 e. The molecule has 4 rings (SSSR count). The second-order valence-corrected chi connectivity index (χ2v) is 9.35. The summed E-state index contributed by atoms with van der Waals surface area (Å²) in [6, 6.07) is 5.17. The van der Waals surface area contributed by atoms with Crippen molar-refractivity contribution in [2.24, 2.45) is 5.92 Å². The number of nitrogens with zero attached hydrogens (tertiary/aromatic N) is 3. The molecule has 0 aliphatic heterocycles. The van der Waals surface area contributed by atoms with Crippen molar-refractivity contribution in [3.63, 3.8) is 0 Å². The van der Waals surface area contributed by atoms with Gasteiger partial charge >= 0.3 is 5.69 Å². The van der Waals surface area contributed by atoms with Gasteiger partial charge in [-0.3, -0.25) is 19.1 Å². The molecule has 8 heteroatoms. The van der Waals surface area contributed by atoms with Gasteiger partial charge in [-0.05, 0) is 49.8 Å². The molecule has 0 saturated heterocycles. The van der Waals surface area contributed by atoms with E-state index in [0.29, 0.717) is 18.0 Å². The first-order chi connectivity index (χ1) is 15.2. The molecule has 0 spiro atoms. The third-order valence-electron chi connectivity index (χ3n) is 5.89. The lowest BCUT2D eigenvalue weighted by Crippen LogP contribution is -2.38. The number of hydrogen-bond acceptors (Lipinski definition) is 5. The molecule has 3 aromatic rings. The molecule has 1 aliphatic rings. The predicted octanol–water partition coefficient (Wildman–Crippen LogP) is 3.82. The van der Waals surface area contributed by atoms with E-state index in [1.807, 2.05) is 40.7 Å². The zero-order valence-electron chi connectivity index (χ0n) is 19.2. The van der Waals surface area contributed by atoms with Crippen molar-refractivity contribution in [2.75, 3.05) is 0 Å². The molecule has 1 aliphatic carbocycles. The molecule has 3 heterocycles. The van der Waals surface area contributed by atoms with Gasteiger partial charge in [0, 0.05) is 18.3 Å². The monoisotopic (exact) mass is 438 g/mol. The Hall–Kier alpha value is -3.16. The van der Waals surface area contributed by atoms with Gasteiger partial charge in [0.05, 0.1) is 23.3 Å². The van der Waals surface area contributed by atoms with Crippen molar-refractivity contribution in [3.8, 4) is 0 Å². The standard InChI is InChI=1S/C24H30N4O4/c1-13(2)12-27-21-20(22(29)26-24(27)31)17(11-18(25-21)14(3)4)23(30)28(16-8-9-16)15(5)19-7-6-10-32-19/h6-7,10-11,13-16H,8-9,12H2,1-5H3,(H,26,29,31). The van der Waals surface area contributed by atoms with E-state index in [4.69, 9.17) is 4.42 Å². The molecule has 170 valence electrons. The average molecular weight is 439 g/mol. The van der Waals surface area contributed by atoms with E-state index in [-0.39, 0.29) is 46.4 Å². The Morgan fingerprint density at radius 3 is 2.53 bits per heavy atom. The molecule has 1 saturated carbocycles. The Bertz CT molecular complexity index is 1250. The summed E-state index contributed by atoms with van der Waals surface area (Å²) in [6.07, 6.45) is 3.41. The van der Waals surface area contributed by atoms with Gasteiger partial charge in [-0.1, -0.05) is 27.7 Å². The summed E-state index contributed by atoms with van der Waals surface area (Å²) in [7, 11) is 0. The number of hydrogen-bond donors (Lipinski definition) is 1. The first kappa shape index (κ1) is 22.0. The van der Waals surface area contributed by atoms with E-state index in [0.717, 1.165) is 12.8 Å². The average Bonchev–Trinajstić information content (AvgIpc) is 3.40. The van der Waals surface area contributed by atoms with Crippen LogP contribution in [0.15, 0.2) is 38.5 Å². The highest BCUT2D eigenvalue weighted by molar-refractivity contribution is 6.05. The smallest absolute Gasteiger partial charge is 0.330 e. The first-order valence-corrected chi connectivity index (χ1v) is 11.2. The fraction of sp³-hybridized carbons (Fsp3) is 0.500. The number of furan rings is 1. The number of amides is 1. The zero-order valence-corrected chi connectivity index (χ0v) is 19.2. The Kier molecular flexibility index (Phi) is 5.79. The molecule has 1 N–H and O–H groups in total. The Morgan fingerprint density at radius 1 is 1.25 bits per heavy atom. The molecule has 0 bridgehead atoms. The first-order valence-electron chi connectivity index (χ1n) is 11.2. The molecule has 0 aromatic carbocycles. The van der Waals surface area contributed by atoms with Crippen molar-refractivity contribution >= 4 is 16.9 Å². The van der Waals surface area contributed by atoms with Crippen LogP contribution in [0.3, 0.4) is 0 Å². The van der Waals surface area contributed by atoms with Crippen LogP contribution in [0.5, 0.6) is 0 Å². The van der Waals surface area contributed by atoms with Crippen molar-refractivity contribution in [1.82, 2.24) is 19.4 Å². The van der Waals surface area contributed by atoms with Crippen LogP contribution >= 0.6 is 0 Å². The van der Waals surface area contributed by atoms with E-state index >= 15 is 0 Å². The summed E-state index contributed by atoms with van der Waals surface area (Å²) in [5, 5.41) is 0.164. The fourth-order valence-corrected chi connectivity index (χ4v) is 4.11. The third kappa shape index (κ3) is 4.01. The molecule has 32 heavy (non-hydrogen) atoms. The van der Waals surface area contributed by atoms with Crippen LogP contribution < -0.4 is 11.2 Å². The molecular weight excluding hydrogens is 408 g/mol. The van der Waals surface area contributed by atoms with Crippen LogP contribution in [0.4, 0.5) is 0 Å². The lowest BCUT2D eigenvalue weighted by Gasteiger charge is -2.29. The minimum absolute atomic E-state index is 0.0183. The number of carbonyl (C=O) groups is 1. The zero-order chi connectivity index (χ0) is 23.2. The maximum absolute atomic E-state index is 13.9. The van der Waals surface area contributed by atoms with Crippen LogP contribution in [-0.4, -0.2) is 31.4 Å². The molecule has 0 radical (unpaired) electrons. The molecule has 3 aromatic heterocycles. The SMILES string of the molecule is CC(C)Cn1c(=O)[nH]c(=O)c2c(C(=O)N(C3CC3)C(C)c3ccco3)cc(C(C)C)nc21. The third-order valence-corrected chi connectivity index (χ3v) is 5.89. The minimum atomic E-state index is -0.586. The number of aromatic amines is 1. The van der Waals surface area contributed by atoms with Crippen LogP contribution in [-0.2, 0) is 6.54 Å². The Morgan fingerprint density at radius 2 is 1.97 bits per heavy atom. The predicted molar refractivity (Wildman–Crippen MR) is 122 cm³/mol. The molecule has 1 atom stereocenters. The van der Waals surface area contributed by atoms with Crippen molar-refractivity contribution in [2.45, 2.75) is 72.0 Å². The molecule has 1 amide bonds. The van der Waals surface area contributed by atoms with Gasteiger partial charge in [-0.15, -0.1) is 0 Å². The van der Waals surface area contributed by atoms with Crippen molar-refractivity contribution in [3.05, 3.63) is 62.3 Å². The number of nitrogens with one attached hydrogen (secondary N) is 1. The van der Waals surface area contributed by atoms with Crippen molar-refractivity contribution in [1.29, 1.82) is 0 Å². The number of pyridine rings is 1. The Balaban J connectivity index is 1.95. The molecule has 1 fully saturated rings. The van der Waals surface area contributed by atoms with Crippen LogP contribution in [0.25, 0.3) is 11.0 Å². The number of H-pyrrole nitrogens is 1. The number of fused-ring (bicyclic) bond motifs is 1. The van der Waals surface area contributed by atoms with Gasteiger partial charge in [0.2, 0.25) is 0 Å². The maximum atomic E-state index is 13.9. The summed E-state index contributed by atoms with van der Waals surface area (Å²) in [4.78, 5) is 48.4. The molecular formula is C24H30N4O4. The number of carbonyl (C=O) groups excluding carboxylic acids is 1. The number of rotatable bonds is 7. The Labute approximate surface area is 186 Å². The quantitative estimate of drug-likeness (QED) is 0.604. The van der Waals surface area contributed by atoms with Gasteiger partial charge in [-0.25, -0.2) is 9.78 Å². The maximum Gasteiger partial charge on any atom is 0.330 e. The highest BCUT2D eigenvalue weighted by Crippen LogP contribution is 2.36. The topological polar surface area (TPSA) is 101 Å². The normalized spacial score (nSPS) is 15.0. The van der Waals surface area contributed by atoms with Gasteiger partial charge in [0.1, 0.15) is 5.76 Å². The highest BCUT2D eigenvalue weighted by atomic mass is 16.3. The summed E-state index contributed by atoms with van der Waals surface area (Å²) in [5.41, 5.74) is 0.125. The van der Waals surface area contributed by atoms with E-state index < -0.39 is 11.2 Å². The van der Waals surface area contributed by atoms with Crippen molar-refractivity contribution < 1.29 is 9.21 Å². The van der Waals surface area contributed by atoms with E-state index in [1.165, 1.54) is 4.57 Å². The van der Waals surface area contributed by atoms with Crippen LogP contribution in [0.1, 0.15) is 81.2 Å². The molecule has 8 nitrogen and oxygen atoms in total. The second-order valence-electron chi connectivity index (χ2n) is 9.35. The second kappa shape index (κ2) is 8.41. The minimum Gasteiger partial charge on any atom is -0.467 e. The van der Waals surface area contributed by atoms with Gasteiger partial charge in [0.25, 0.3) is 11.5 Å². The van der Waals surface area contributed by atoms with Gasteiger partial charge < -0.3 is 9.32 Å². The number of aromatic nitrogens is 3. The van der Waals surface area contributed by atoms with E-state index in [2.05, 4.69) is 9.97 Å². The summed E-state index contributed by atoms with van der Waals surface area (Å²) in [6.45, 7) is 10.3. The summed E-state index contributed by atoms with van der Waals surface area (Å²) < 4.78 is 7.05. The van der Waals surface area contributed by atoms with Crippen LogP contribution in [0, 0.1) is 5.92 Å².